The molecule has 84 valence electrons. The van der Waals surface area contributed by atoms with Gasteiger partial charge in [0.2, 0.25) is 0 Å². The topological polar surface area (TPSA) is 50.9 Å². The van der Waals surface area contributed by atoms with Crippen LogP contribution >= 0.6 is 11.3 Å². The molecule has 1 fully saturated rings. The maximum absolute atomic E-state index is 5.64. The summed E-state index contributed by atoms with van der Waals surface area (Å²) in [6.45, 7) is 4.13. The molecule has 0 saturated heterocycles. The molecule has 1 aromatic rings. The molecule has 0 aromatic carbocycles. The number of hydrogen-bond acceptors (Lipinski definition) is 4. The Balaban J connectivity index is 2.07. The van der Waals surface area contributed by atoms with Crippen molar-refractivity contribution in [1.82, 2.24) is 10.4 Å². The van der Waals surface area contributed by atoms with Crippen LogP contribution in [0.5, 0.6) is 0 Å². The molecule has 3 nitrogen and oxygen atoms in total. The van der Waals surface area contributed by atoms with Crippen LogP contribution in [0, 0.1) is 19.8 Å². The van der Waals surface area contributed by atoms with Gasteiger partial charge in [0.15, 0.2) is 0 Å². The molecule has 1 atom stereocenters. The Morgan fingerprint density at radius 2 is 2.27 bits per heavy atom. The van der Waals surface area contributed by atoms with Crippen LogP contribution in [0.25, 0.3) is 0 Å². The fraction of sp³-hybridized carbons (Fsp3) is 0.727. The van der Waals surface area contributed by atoms with E-state index in [4.69, 9.17) is 5.84 Å². The van der Waals surface area contributed by atoms with Crippen molar-refractivity contribution in [2.24, 2.45) is 11.8 Å². The molecule has 0 spiro atoms. The van der Waals surface area contributed by atoms with Crippen molar-refractivity contribution in [1.29, 1.82) is 0 Å². The first-order valence-electron chi connectivity index (χ1n) is 5.60. The summed E-state index contributed by atoms with van der Waals surface area (Å²) >= 11 is 1.77. The lowest BCUT2D eigenvalue weighted by molar-refractivity contribution is 0.263. The van der Waals surface area contributed by atoms with E-state index in [0.29, 0.717) is 6.04 Å². The van der Waals surface area contributed by atoms with Gasteiger partial charge in [-0.1, -0.05) is 19.3 Å². The largest absolute Gasteiger partial charge is 0.271 e. The summed E-state index contributed by atoms with van der Waals surface area (Å²) in [4.78, 5) is 5.78. The number of aryl methyl sites for hydroxylation is 2. The lowest BCUT2D eigenvalue weighted by atomic mass is 9.80. The van der Waals surface area contributed by atoms with Gasteiger partial charge in [-0.25, -0.2) is 4.98 Å². The number of hydrazine groups is 1. The van der Waals surface area contributed by atoms with Crippen LogP contribution in [0.15, 0.2) is 0 Å². The van der Waals surface area contributed by atoms with E-state index >= 15 is 0 Å². The maximum Gasteiger partial charge on any atom is 0.0900 e. The molecule has 0 radical (unpaired) electrons. The van der Waals surface area contributed by atoms with Crippen molar-refractivity contribution in [3.8, 4) is 0 Å². The second-order valence-corrected chi connectivity index (χ2v) is 5.67. The molecule has 1 unspecified atom stereocenters. The summed E-state index contributed by atoms with van der Waals surface area (Å²) in [6.07, 6.45) is 5.30. The zero-order valence-electron chi connectivity index (χ0n) is 9.42. The fourth-order valence-electron chi connectivity index (χ4n) is 2.18. The Morgan fingerprint density at radius 3 is 2.67 bits per heavy atom. The molecule has 1 aliphatic rings. The van der Waals surface area contributed by atoms with Crippen LogP contribution in [-0.4, -0.2) is 4.98 Å². The Kier molecular flexibility index (Phi) is 3.38. The molecule has 4 heteroatoms. The summed E-state index contributed by atoms with van der Waals surface area (Å²) < 4.78 is 0. The Hall–Kier alpha value is -0.450. The number of thiazole rings is 1. The van der Waals surface area contributed by atoms with Crippen molar-refractivity contribution in [3.63, 3.8) is 0 Å². The van der Waals surface area contributed by atoms with Gasteiger partial charge in [-0.15, -0.1) is 11.3 Å². The first kappa shape index (κ1) is 11.0. The molecule has 2 rings (SSSR count). The first-order chi connectivity index (χ1) is 7.20. The highest BCUT2D eigenvalue weighted by Gasteiger charge is 2.24. The smallest absolute Gasteiger partial charge is 0.0900 e. The van der Waals surface area contributed by atoms with Gasteiger partial charge in [0.25, 0.3) is 0 Å². The van der Waals surface area contributed by atoms with E-state index in [1.165, 1.54) is 30.6 Å². The minimum atomic E-state index is 0.307. The molecule has 15 heavy (non-hydrogen) atoms. The van der Waals surface area contributed by atoms with E-state index in [1.54, 1.807) is 11.3 Å². The molecule has 1 heterocycles. The van der Waals surface area contributed by atoms with Crippen molar-refractivity contribution >= 4 is 11.3 Å². The van der Waals surface area contributed by atoms with Gasteiger partial charge in [-0.2, -0.15) is 0 Å². The highest BCUT2D eigenvalue weighted by Crippen LogP contribution is 2.36. The quantitative estimate of drug-likeness (QED) is 0.611. The number of rotatable bonds is 4. The van der Waals surface area contributed by atoms with E-state index in [0.717, 1.165) is 16.6 Å². The number of hydrogen-bond donors (Lipinski definition) is 2. The van der Waals surface area contributed by atoms with Crippen LogP contribution in [-0.2, 0) is 0 Å². The average molecular weight is 225 g/mol. The highest BCUT2D eigenvalue weighted by molar-refractivity contribution is 7.11. The maximum atomic E-state index is 5.64. The summed E-state index contributed by atoms with van der Waals surface area (Å²) in [5.41, 5.74) is 4.08. The second kappa shape index (κ2) is 4.60. The SMILES string of the molecule is Cc1nc(C)c(C(CC2CCC2)NN)s1. The Labute approximate surface area is 95.1 Å². The predicted octanol–water partition coefficient (Wildman–Crippen LogP) is 2.45. The molecule has 0 aliphatic heterocycles. The molecular formula is C11H19N3S. The van der Waals surface area contributed by atoms with Gasteiger partial charge in [-0.3, -0.25) is 11.3 Å². The zero-order valence-corrected chi connectivity index (χ0v) is 10.2. The van der Waals surface area contributed by atoms with Crippen LogP contribution in [0.4, 0.5) is 0 Å². The van der Waals surface area contributed by atoms with Gasteiger partial charge >= 0.3 is 0 Å². The van der Waals surface area contributed by atoms with E-state index in [9.17, 15) is 0 Å². The fourth-order valence-corrected chi connectivity index (χ4v) is 3.18. The van der Waals surface area contributed by atoms with E-state index in [1.807, 2.05) is 0 Å². The first-order valence-corrected chi connectivity index (χ1v) is 6.42. The minimum absolute atomic E-state index is 0.307. The third-order valence-electron chi connectivity index (χ3n) is 3.25. The molecule has 0 amide bonds. The summed E-state index contributed by atoms with van der Waals surface area (Å²) in [5.74, 6) is 6.51. The van der Waals surface area contributed by atoms with Crippen molar-refractivity contribution in [2.45, 2.75) is 45.6 Å². The Bertz CT molecular complexity index is 331. The molecule has 1 saturated carbocycles. The number of nitrogens with one attached hydrogen (secondary N) is 1. The molecule has 1 aromatic heterocycles. The molecular weight excluding hydrogens is 206 g/mol. The third kappa shape index (κ3) is 2.38. The summed E-state index contributed by atoms with van der Waals surface area (Å²) in [5, 5.41) is 1.14. The standard InChI is InChI=1S/C11H19N3S/c1-7-11(15-8(2)13-7)10(14-12)6-9-4-3-5-9/h9-10,14H,3-6,12H2,1-2H3. The van der Waals surface area contributed by atoms with Crippen molar-refractivity contribution < 1.29 is 0 Å². The average Bonchev–Trinajstić information content (AvgIpc) is 2.44. The van der Waals surface area contributed by atoms with Crippen LogP contribution in [0.2, 0.25) is 0 Å². The third-order valence-corrected chi connectivity index (χ3v) is 4.44. The van der Waals surface area contributed by atoms with Crippen molar-refractivity contribution in [2.75, 3.05) is 0 Å². The van der Waals surface area contributed by atoms with Gasteiger partial charge in [0.05, 0.1) is 16.7 Å². The normalized spacial score (nSPS) is 18.9. The van der Waals surface area contributed by atoms with Gasteiger partial charge in [0, 0.05) is 4.88 Å². The second-order valence-electron chi connectivity index (χ2n) is 4.43. The van der Waals surface area contributed by atoms with Gasteiger partial charge < -0.3 is 0 Å². The molecule has 0 bridgehead atoms. The minimum Gasteiger partial charge on any atom is -0.271 e. The van der Waals surface area contributed by atoms with Crippen molar-refractivity contribution in [3.05, 3.63) is 15.6 Å². The monoisotopic (exact) mass is 225 g/mol. The lowest BCUT2D eigenvalue weighted by Gasteiger charge is -2.29. The summed E-state index contributed by atoms with van der Waals surface area (Å²) in [6, 6.07) is 0.307. The van der Waals surface area contributed by atoms with Crippen LogP contribution < -0.4 is 11.3 Å². The number of aromatic nitrogens is 1. The highest BCUT2D eigenvalue weighted by atomic mass is 32.1. The van der Waals surface area contributed by atoms with E-state index in [-0.39, 0.29) is 0 Å². The molecule has 1 aliphatic carbocycles. The zero-order chi connectivity index (χ0) is 10.8. The number of nitrogens with two attached hydrogens (primary N) is 1. The summed E-state index contributed by atoms with van der Waals surface area (Å²) in [7, 11) is 0. The van der Waals surface area contributed by atoms with Gasteiger partial charge in [0.1, 0.15) is 0 Å². The Morgan fingerprint density at radius 1 is 1.53 bits per heavy atom. The predicted molar refractivity (Wildman–Crippen MR) is 63.6 cm³/mol. The van der Waals surface area contributed by atoms with E-state index < -0.39 is 0 Å². The number of nitrogens with zero attached hydrogens (tertiary/aromatic N) is 1. The molecule has 3 N–H and O–H groups in total. The lowest BCUT2D eigenvalue weighted by Crippen LogP contribution is -2.31. The van der Waals surface area contributed by atoms with E-state index in [2.05, 4.69) is 24.3 Å². The van der Waals surface area contributed by atoms with Crippen LogP contribution in [0.3, 0.4) is 0 Å². The van der Waals surface area contributed by atoms with Gasteiger partial charge in [-0.05, 0) is 26.2 Å². The van der Waals surface area contributed by atoms with Crippen LogP contribution in [0.1, 0.15) is 47.3 Å².